The van der Waals surface area contributed by atoms with Crippen LogP contribution in [-0.2, 0) is 27.1 Å². The number of carbonyl (C=O) groups is 2. The van der Waals surface area contributed by atoms with Gasteiger partial charge in [0.2, 0.25) is 5.88 Å². The van der Waals surface area contributed by atoms with Gasteiger partial charge in [-0.05, 0) is 74.6 Å². The van der Waals surface area contributed by atoms with Gasteiger partial charge < -0.3 is 19.5 Å². The standard InChI is InChI=1S/C28H30N2O5/c1-27(2,3)35-26(32)30-28(25(31)33-4)15-14-19-12-13-22(17-21(19)18-28)34-24-23(11-8-16-29-24)20-9-6-5-7-10-20/h5-13,16-17H,14-15,18H2,1-4H3,(H,30,32). The molecule has 1 aliphatic rings. The van der Waals surface area contributed by atoms with Crippen LogP contribution in [0.25, 0.3) is 11.1 Å². The van der Waals surface area contributed by atoms with Crippen molar-refractivity contribution in [2.45, 2.75) is 51.2 Å². The number of nitrogens with zero attached hydrogens (tertiary/aromatic N) is 1. The van der Waals surface area contributed by atoms with Gasteiger partial charge in [-0.3, -0.25) is 0 Å². The van der Waals surface area contributed by atoms with Crippen LogP contribution < -0.4 is 10.1 Å². The predicted octanol–water partition coefficient (Wildman–Crippen LogP) is 5.47. The van der Waals surface area contributed by atoms with Crippen LogP contribution >= 0.6 is 0 Å². The van der Waals surface area contributed by atoms with Crippen molar-refractivity contribution in [3.63, 3.8) is 0 Å². The number of carbonyl (C=O) groups excluding carboxylic acids is 2. The first-order valence-corrected chi connectivity index (χ1v) is 11.6. The summed E-state index contributed by atoms with van der Waals surface area (Å²) in [7, 11) is 1.32. The highest BCUT2D eigenvalue weighted by Gasteiger charge is 2.44. The molecule has 7 nitrogen and oxygen atoms in total. The number of fused-ring (bicyclic) bond motifs is 1. The Bertz CT molecular complexity index is 1220. The van der Waals surface area contributed by atoms with E-state index in [0.29, 0.717) is 24.5 Å². The van der Waals surface area contributed by atoms with Crippen LogP contribution in [0.4, 0.5) is 4.79 Å². The average molecular weight is 475 g/mol. The number of benzene rings is 2. The lowest BCUT2D eigenvalue weighted by Gasteiger charge is -2.36. The van der Waals surface area contributed by atoms with Crippen molar-refractivity contribution in [1.82, 2.24) is 10.3 Å². The summed E-state index contributed by atoms with van der Waals surface area (Å²) in [6.45, 7) is 5.33. The number of rotatable bonds is 5. The van der Waals surface area contributed by atoms with E-state index in [1.54, 1.807) is 27.0 Å². The van der Waals surface area contributed by atoms with Crippen molar-refractivity contribution < 1.29 is 23.8 Å². The van der Waals surface area contributed by atoms with Crippen molar-refractivity contribution in [3.8, 4) is 22.8 Å². The van der Waals surface area contributed by atoms with Crippen LogP contribution in [0.15, 0.2) is 66.9 Å². The third kappa shape index (κ3) is 5.62. The molecule has 1 aliphatic carbocycles. The van der Waals surface area contributed by atoms with Crippen molar-refractivity contribution in [2.75, 3.05) is 7.11 Å². The number of esters is 1. The fourth-order valence-corrected chi connectivity index (χ4v) is 4.28. The van der Waals surface area contributed by atoms with Gasteiger partial charge in [0.25, 0.3) is 0 Å². The Labute approximate surface area is 205 Å². The molecule has 1 heterocycles. The van der Waals surface area contributed by atoms with Crippen molar-refractivity contribution >= 4 is 12.1 Å². The van der Waals surface area contributed by atoms with Crippen molar-refractivity contribution in [2.24, 2.45) is 0 Å². The number of hydrogen-bond acceptors (Lipinski definition) is 6. The van der Waals surface area contributed by atoms with Crippen molar-refractivity contribution in [3.05, 3.63) is 78.0 Å². The molecule has 0 fully saturated rings. The molecule has 0 spiro atoms. The minimum absolute atomic E-state index is 0.263. The largest absolute Gasteiger partial charge is 0.467 e. The van der Waals surface area contributed by atoms with Crippen LogP contribution in [0, 0.1) is 0 Å². The van der Waals surface area contributed by atoms with E-state index in [1.165, 1.54) is 7.11 Å². The van der Waals surface area contributed by atoms with E-state index in [1.807, 2.05) is 60.7 Å². The quantitative estimate of drug-likeness (QED) is 0.494. The van der Waals surface area contributed by atoms with Gasteiger partial charge in [0, 0.05) is 18.2 Å². The van der Waals surface area contributed by atoms with E-state index in [0.717, 1.165) is 22.3 Å². The number of methoxy groups -OCH3 is 1. The molecule has 1 aromatic heterocycles. The highest BCUT2D eigenvalue weighted by atomic mass is 16.6. The molecular formula is C28H30N2O5. The van der Waals surface area contributed by atoms with Gasteiger partial charge in [0.05, 0.1) is 7.11 Å². The predicted molar refractivity (Wildman–Crippen MR) is 132 cm³/mol. The van der Waals surface area contributed by atoms with E-state index < -0.39 is 23.2 Å². The maximum absolute atomic E-state index is 12.8. The first-order valence-electron chi connectivity index (χ1n) is 11.6. The third-order valence-corrected chi connectivity index (χ3v) is 5.88. The van der Waals surface area contributed by atoms with Gasteiger partial charge in [-0.15, -0.1) is 0 Å². The summed E-state index contributed by atoms with van der Waals surface area (Å²) in [4.78, 5) is 29.9. The van der Waals surface area contributed by atoms with Gasteiger partial charge in [-0.25, -0.2) is 14.6 Å². The fraction of sp³-hybridized carbons (Fsp3) is 0.321. The van der Waals surface area contributed by atoms with Gasteiger partial charge in [0.15, 0.2) is 0 Å². The highest BCUT2D eigenvalue weighted by molar-refractivity contribution is 5.86. The minimum Gasteiger partial charge on any atom is -0.467 e. The van der Waals surface area contributed by atoms with E-state index in [-0.39, 0.29) is 6.42 Å². The van der Waals surface area contributed by atoms with Crippen LogP contribution in [0.5, 0.6) is 11.6 Å². The maximum Gasteiger partial charge on any atom is 0.408 e. The molecule has 0 radical (unpaired) electrons. The molecule has 0 saturated carbocycles. The number of nitrogens with one attached hydrogen (secondary N) is 1. The van der Waals surface area contributed by atoms with E-state index in [9.17, 15) is 9.59 Å². The second kappa shape index (κ2) is 9.78. The Kier molecular flexibility index (Phi) is 6.78. The Morgan fingerprint density at radius 3 is 2.49 bits per heavy atom. The second-order valence-electron chi connectivity index (χ2n) is 9.63. The molecule has 1 amide bonds. The van der Waals surface area contributed by atoms with Crippen LogP contribution in [-0.4, -0.2) is 35.3 Å². The second-order valence-corrected chi connectivity index (χ2v) is 9.63. The summed E-state index contributed by atoms with van der Waals surface area (Å²) in [5.74, 6) is 0.578. The summed E-state index contributed by atoms with van der Waals surface area (Å²) < 4.78 is 16.7. The summed E-state index contributed by atoms with van der Waals surface area (Å²) in [6.07, 6.45) is 2.30. The number of hydrogen-bond donors (Lipinski definition) is 1. The van der Waals surface area contributed by atoms with Crippen LogP contribution in [0.3, 0.4) is 0 Å². The number of amides is 1. The molecule has 0 bridgehead atoms. The molecule has 1 unspecified atom stereocenters. The zero-order valence-electron chi connectivity index (χ0n) is 20.5. The Morgan fingerprint density at radius 2 is 1.77 bits per heavy atom. The summed E-state index contributed by atoms with van der Waals surface area (Å²) >= 11 is 0. The van der Waals surface area contributed by atoms with E-state index in [4.69, 9.17) is 14.2 Å². The zero-order chi connectivity index (χ0) is 25.1. The normalized spacial score (nSPS) is 17.1. The molecule has 3 aromatic rings. The number of aryl methyl sites for hydroxylation is 1. The molecule has 4 rings (SSSR count). The van der Waals surface area contributed by atoms with E-state index >= 15 is 0 Å². The van der Waals surface area contributed by atoms with Gasteiger partial charge in [0.1, 0.15) is 16.9 Å². The Morgan fingerprint density at radius 1 is 1.00 bits per heavy atom. The number of alkyl carbamates (subject to hydrolysis) is 1. The van der Waals surface area contributed by atoms with Gasteiger partial charge >= 0.3 is 12.1 Å². The number of aromatic nitrogens is 1. The summed E-state index contributed by atoms with van der Waals surface area (Å²) in [6, 6.07) is 19.5. The van der Waals surface area contributed by atoms with Gasteiger partial charge in [-0.2, -0.15) is 0 Å². The molecule has 1 N–H and O–H groups in total. The van der Waals surface area contributed by atoms with Crippen LogP contribution in [0.2, 0.25) is 0 Å². The zero-order valence-corrected chi connectivity index (χ0v) is 20.5. The molecule has 0 saturated heterocycles. The minimum atomic E-state index is -1.22. The fourth-order valence-electron chi connectivity index (χ4n) is 4.28. The number of pyridine rings is 1. The maximum atomic E-state index is 12.8. The lowest BCUT2D eigenvalue weighted by Crippen LogP contribution is -2.59. The summed E-state index contributed by atoms with van der Waals surface area (Å²) in [5, 5.41) is 2.79. The smallest absolute Gasteiger partial charge is 0.408 e. The van der Waals surface area contributed by atoms with Crippen molar-refractivity contribution in [1.29, 1.82) is 0 Å². The monoisotopic (exact) mass is 474 g/mol. The Hall–Kier alpha value is -3.87. The molecule has 1 atom stereocenters. The van der Waals surface area contributed by atoms with Gasteiger partial charge in [-0.1, -0.05) is 36.4 Å². The number of ether oxygens (including phenoxy) is 3. The third-order valence-electron chi connectivity index (χ3n) is 5.88. The Balaban J connectivity index is 1.61. The molecule has 0 aliphatic heterocycles. The molecule has 35 heavy (non-hydrogen) atoms. The van der Waals surface area contributed by atoms with Crippen LogP contribution in [0.1, 0.15) is 38.3 Å². The molecular weight excluding hydrogens is 444 g/mol. The highest BCUT2D eigenvalue weighted by Crippen LogP contribution is 2.35. The first-order chi connectivity index (χ1) is 16.7. The lowest BCUT2D eigenvalue weighted by molar-refractivity contribution is -0.149. The average Bonchev–Trinajstić information content (AvgIpc) is 2.83. The SMILES string of the molecule is COC(=O)C1(NC(=O)OC(C)(C)C)CCc2ccc(Oc3ncccc3-c3ccccc3)cc2C1. The van der Waals surface area contributed by atoms with E-state index in [2.05, 4.69) is 10.3 Å². The molecule has 2 aromatic carbocycles. The molecule has 7 heteroatoms. The first kappa shape index (κ1) is 24.3. The lowest BCUT2D eigenvalue weighted by atomic mass is 9.78. The summed E-state index contributed by atoms with van der Waals surface area (Å²) in [5.41, 5.74) is 1.96. The molecule has 182 valence electrons. The topological polar surface area (TPSA) is 86.8 Å².